The number of amides is 1. The van der Waals surface area contributed by atoms with E-state index in [1.165, 1.54) is 5.56 Å². The van der Waals surface area contributed by atoms with Gasteiger partial charge in [0.05, 0.1) is 0 Å². The van der Waals surface area contributed by atoms with Gasteiger partial charge in [0.2, 0.25) is 0 Å². The normalized spacial score (nSPS) is 9.58. The zero-order chi connectivity index (χ0) is 9.14. The van der Waals surface area contributed by atoms with Crippen molar-refractivity contribution < 1.29 is 4.79 Å². The number of hydrogen-bond donors (Lipinski definition) is 1. The summed E-state index contributed by atoms with van der Waals surface area (Å²) in [6.45, 7) is 3.98. The van der Waals surface area contributed by atoms with E-state index in [0.717, 1.165) is 11.3 Å². The molecule has 1 aromatic carbocycles. The highest BCUT2D eigenvalue weighted by molar-refractivity contribution is 9.18. The second-order valence-electron chi connectivity index (χ2n) is 2.72. The van der Waals surface area contributed by atoms with E-state index < -0.39 is 0 Å². The Morgan fingerprint density at radius 2 is 2.08 bits per heavy atom. The second kappa shape index (κ2) is 3.72. The highest BCUT2D eigenvalue weighted by Gasteiger charge is 1.99. The summed E-state index contributed by atoms with van der Waals surface area (Å²) < 4.78 is 0. The summed E-state index contributed by atoms with van der Waals surface area (Å²) in [5.41, 5.74) is 3.12. The number of carbonyl (C=O) groups is 1. The predicted molar refractivity (Wildman–Crippen MR) is 53.9 cm³/mol. The quantitative estimate of drug-likeness (QED) is 0.580. The van der Waals surface area contributed by atoms with Crippen LogP contribution in [-0.2, 0) is 0 Å². The Labute approximate surface area is 80.1 Å². The minimum absolute atomic E-state index is 0.213. The number of anilines is 1. The van der Waals surface area contributed by atoms with Crippen molar-refractivity contribution in [1.29, 1.82) is 0 Å². The van der Waals surface area contributed by atoms with Crippen LogP contribution in [0.1, 0.15) is 11.1 Å². The fourth-order valence-electron chi connectivity index (χ4n) is 1.06. The third-order valence-electron chi connectivity index (χ3n) is 1.61. The summed E-state index contributed by atoms with van der Waals surface area (Å²) in [5, 5.41) is 2.68. The van der Waals surface area contributed by atoms with Crippen LogP contribution in [0.15, 0.2) is 18.2 Å². The predicted octanol–water partition coefficient (Wildman–Crippen LogP) is 3.23. The molecular formula is C9H10BrNO. The van der Waals surface area contributed by atoms with Crippen LogP contribution in [0.5, 0.6) is 0 Å². The lowest BCUT2D eigenvalue weighted by Gasteiger charge is -2.05. The van der Waals surface area contributed by atoms with Crippen LogP contribution in [0.25, 0.3) is 0 Å². The van der Waals surface area contributed by atoms with Gasteiger partial charge in [-0.1, -0.05) is 17.7 Å². The summed E-state index contributed by atoms with van der Waals surface area (Å²) in [6.07, 6.45) is 0. The highest BCUT2D eigenvalue weighted by Crippen LogP contribution is 2.16. The average molecular weight is 228 g/mol. The van der Waals surface area contributed by atoms with Crippen molar-refractivity contribution >= 4 is 26.4 Å². The van der Waals surface area contributed by atoms with Gasteiger partial charge in [0.1, 0.15) is 0 Å². The molecule has 12 heavy (non-hydrogen) atoms. The van der Waals surface area contributed by atoms with E-state index in [-0.39, 0.29) is 4.82 Å². The summed E-state index contributed by atoms with van der Waals surface area (Å²) in [5.74, 6) is 0. The first-order valence-corrected chi connectivity index (χ1v) is 4.42. The molecule has 0 radical (unpaired) electrons. The largest absolute Gasteiger partial charge is 0.316 e. The number of halogens is 1. The maximum atomic E-state index is 10.7. The van der Waals surface area contributed by atoms with Gasteiger partial charge in [-0.2, -0.15) is 0 Å². The van der Waals surface area contributed by atoms with E-state index in [0.29, 0.717) is 0 Å². The third-order valence-corrected chi connectivity index (χ3v) is 1.81. The summed E-state index contributed by atoms with van der Waals surface area (Å²) >= 11 is 2.81. The topological polar surface area (TPSA) is 29.1 Å². The van der Waals surface area contributed by atoms with E-state index in [1.54, 1.807) is 0 Å². The molecule has 1 rings (SSSR count). The molecule has 0 fully saturated rings. The minimum Gasteiger partial charge on any atom is -0.316 e. The molecule has 0 heterocycles. The van der Waals surface area contributed by atoms with Crippen LogP contribution in [0, 0.1) is 13.8 Å². The lowest BCUT2D eigenvalue weighted by Crippen LogP contribution is -2.01. The van der Waals surface area contributed by atoms with Crippen molar-refractivity contribution in [3.05, 3.63) is 29.3 Å². The number of hydrogen-bond acceptors (Lipinski definition) is 1. The molecule has 3 heteroatoms. The molecule has 0 aliphatic rings. The van der Waals surface area contributed by atoms with Gasteiger partial charge in [-0.05, 0) is 25.5 Å². The van der Waals surface area contributed by atoms with Gasteiger partial charge >= 0.3 is 0 Å². The molecule has 1 aromatic rings. The molecule has 1 amide bonds. The van der Waals surface area contributed by atoms with Gasteiger partial charge in [0.15, 0.2) is 0 Å². The van der Waals surface area contributed by atoms with E-state index in [2.05, 4.69) is 21.2 Å². The number of nitrogens with one attached hydrogen (secondary N) is 1. The maximum Gasteiger partial charge on any atom is 0.291 e. The van der Waals surface area contributed by atoms with Gasteiger partial charge in [-0.15, -0.1) is 0 Å². The van der Waals surface area contributed by atoms with Gasteiger partial charge in [0.25, 0.3) is 4.82 Å². The lowest BCUT2D eigenvalue weighted by molar-refractivity contribution is 0.270. The third kappa shape index (κ3) is 2.34. The van der Waals surface area contributed by atoms with E-state index in [1.807, 2.05) is 32.0 Å². The smallest absolute Gasteiger partial charge is 0.291 e. The molecule has 0 spiro atoms. The molecule has 2 nitrogen and oxygen atoms in total. The van der Waals surface area contributed by atoms with E-state index >= 15 is 0 Å². The van der Waals surface area contributed by atoms with Crippen molar-refractivity contribution in [2.75, 3.05) is 5.32 Å². The van der Waals surface area contributed by atoms with E-state index in [4.69, 9.17) is 0 Å². The number of benzene rings is 1. The second-order valence-corrected chi connectivity index (χ2v) is 3.44. The average Bonchev–Trinajstić information content (AvgIpc) is 1.94. The first-order chi connectivity index (χ1) is 5.59. The Morgan fingerprint density at radius 3 is 2.58 bits per heavy atom. The molecule has 0 saturated carbocycles. The van der Waals surface area contributed by atoms with Crippen LogP contribution in [0.3, 0.4) is 0 Å². The molecule has 0 bridgehead atoms. The van der Waals surface area contributed by atoms with Crippen LogP contribution in [0.2, 0.25) is 0 Å². The molecule has 0 saturated heterocycles. The van der Waals surface area contributed by atoms with Crippen LogP contribution in [0.4, 0.5) is 10.5 Å². The highest BCUT2D eigenvalue weighted by atomic mass is 79.9. The molecular weight excluding hydrogens is 218 g/mol. The first kappa shape index (κ1) is 9.26. The standard InChI is InChI=1S/C9H10BrNO/c1-6-3-4-8(7(2)5-6)11-9(10)12/h3-5H,1-2H3,(H,11,12). The van der Waals surface area contributed by atoms with Gasteiger partial charge < -0.3 is 5.32 Å². The molecule has 0 aliphatic carbocycles. The van der Waals surface area contributed by atoms with Crippen molar-refractivity contribution in [3.8, 4) is 0 Å². The Morgan fingerprint density at radius 1 is 1.42 bits per heavy atom. The Kier molecular flexibility index (Phi) is 2.87. The first-order valence-electron chi connectivity index (χ1n) is 3.63. The van der Waals surface area contributed by atoms with Crippen LogP contribution in [-0.4, -0.2) is 4.82 Å². The zero-order valence-electron chi connectivity index (χ0n) is 7.02. The molecule has 0 aromatic heterocycles. The Balaban J connectivity index is 2.93. The monoisotopic (exact) mass is 227 g/mol. The minimum atomic E-state index is -0.213. The molecule has 64 valence electrons. The molecule has 1 N–H and O–H groups in total. The lowest BCUT2D eigenvalue weighted by atomic mass is 10.1. The number of rotatable bonds is 1. The SMILES string of the molecule is Cc1ccc(NC(=O)Br)c(C)c1. The van der Waals surface area contributed by atoms with Crippen LogP contribution < -0.4 is 5.32 Å². The molecule has 0 aliphatic heterocycles. The van der Waals surface area contributed by atoms with Crippen molar-refractivity contribution in [3.63, 3.8) is 0 Å². The number of carbonyl (C=O) groups excluding carboxylic acids is 1. The molecule has 0 atom stereocenters. The van der Waals surface area contributed by atoms with E-state index in [9.17, 15) is 4.79 Å². The van der Waals surface area contributed by atoms with Crippen molar-refractivity contribution in [2.45, 2.75) is 13.8 Å². The van der Waals surface area contributed by atoms with Gasteiger partial charge in [-0.3, -0.25) is 4.79 Å². The zero-order valence-corrected chi connectivity index (χ0v) is 8.60. The number of aryl methyl sites for hydroxylation is 2. The maximum absolute atomic E-state index is 10.7. The van der Waals surface area contributed by atoms with Crippen LogP contribution >= 0.6 is 15.9 Å². The Hall–Kier alpha value is -0.830. The summed E-state index contributed by atoms with van der Waals surface area (Å²) in [4.78, 5) is 10.4. The van der Waals surface area contributed by atoms with Gasteiger partial charge in [0, 0.05) is 21.6 Å². The fraction of sp³-hybridized carbons (Fsp3) is 0.222. The fourth-order valence-corrected chi connectivity index (χ4v) is 1.27. The summed E-state index contributed by atoms with van der Waals surface area (Å²) in [7, 11) is 0. The Bertz CT molecular complexity index is 309. The van der Waals surface area contributed by atoms with Gasteiger partial charge in [-0.25, -0.2) is 0 Å². The molecule has 0 unspecified atom stereocenters. The summed E-state index contributed by atoms with van der Waals surface area (Å²) in [6, 6.07) is 5.88. The van der Waals surface area contributed by atoms with Crippen molar-refractivity contribution in [1.82, 2.24) is 0 Å². The van der Waals surface area contributed by atoms with Crippen molar-refractivity contribution in [2.24, 2.45) is 0 Å².